The molecule has 0 radical (unpaired) electrons. The zero-order chi connectivity index (χ0) is 18.7. The zero-order valence-corrected chi connectivity index (χ0v) is 15.5. The van der Waals surface area contributed by atoms with Gasteiger partial charge in [0.05, 0.1) is 5.92 Å². The molecular formula is C21H24N4O2. The molecule has 2 heterocycles. The number of nitrogens with zero attached hydrogens (tertiary/aromatic N) is 3. The van der Waals surface area contributed by atoms with Crippen molar-refractivity contribution in [3.8, 4) is 17.1 Å². The van der Waals surface area contributed by atoms with Crippen molar-refractivity contribution in [1.82, 2.24) is 15.1 Å². The van der Waals surface area contributed by atoms with Gasteiger partial charge in [-0.15, -0.1) is 0 Å². The Labute approximate surface area is 158 Å². The molecule has 0 saturated heterocycles. The molecule has 2 N–H and O–H groups in total. The summed E-state index contributed by atoms with van der Waals surface area (Å²) in [5.74, 6) is 2.07. The fourth-order valence-corrected chi connectivity index (χ4v) is 3.63. The summed E-state index contributed by atoms with van der Waals surface area (Å²) in [5.41, 5.74) is 8.06. The summed E-state index contributed by atoms with van der Waals surface area (Å²) in [6.45, 7) is 2.54. The van der Waals surface area contributed by atoms with Gasteiger partial charge in [-0.3, -0.25) is 4.98 Å². The molecule has 0 amide bonds. The molecule has 1 fully saturated rings. The first kappa shape index (κ1) is 17.7. The average molecular weight is 364 g/mol. The Morgan fingerprint density at radius 1 is 1.26 bits per heavy atom. The molecule has 0 spiro atoms. The third-order valence-electron chi connectivity index (χ3n) is 5.21. The van der Waals surface area contributed by atoms with Crippen LogP contribution in [0.15, 0.2) is 53.3 Å². The molecule has 27 heavy (non-hydrogen) atoms. The summed E-state index contributed by atoms with van der Waals surface area (Å²) in [6, 6.07) is 11.6. The second kappa shape index (κ2) is 7.48. The van der Waals surface area contributed by atoms with Gasteiger partial charge in [-0.2, -0.15) is 4.98 Å². The van der Waals surface area contributed by atoms with E-state index in [1.54, 1.807) is 12.4 Å². The predicted octanol–water partition coefficient (Wildman–Crippen LogP) is 4.09. The molecule has 1 aliphatic rings. The van der Waals surface area contributed by atoms with Crippen molar-refractivity contribution in [2.45, 2.75) is 50.7 Å². The molecule has 1 aliphatic carbocycles. The fraction of sp³-hybridized carbons (Fsp3) is 0.381. The molecular weight excluding hydrogens is 340 g/mol. The van der Waals surface area contributed by atoms with Gasteiger partial charge in [-0.1, -0.05) is 36.2 Å². The van der Waals surface area contributed by atoms with Crippen LogP contribution in [0, 0.1) is 0 Å². The number of hydrogen-bond acceptors (Lipinski definition) is 6. The minimum Gasteiger partial charge on any atom is -0.489 e. The highest BCUT2D eigenvalue weighted by molar-refractivity contribution is 5.57. The van der Waals surface area contributed by atoms with Crippen molar-refractivity contribution in [3.63, 3.8) is 0 Å². The van der Waals surface area contributed by atoms with Gasteiger partial charge in [-0.05, 0) is 38.0 Å². The van der Waals surface area contributed by atoms with Crippen molar-refractivity contribution in [2.75, 3.05) is 0 Å². The first-order chi connectivity index (χ1) is 13.1. The zero-order valence-electron chi connectivity index (χ0n) is 15.5. The van der Waals surface area contributed by atoms with E-state index in [-0.39, 0.29) is 11.5 Å². The van der Waals surface area contributed by atoms with Crippen molar-refractivity contribution < 1.29 is 9.26 Å². The van der Waals surface area contributed by atoms with Gasteiger partial charge in [0.25, 0.3) is 0 Å². The smallest absolute Gasteiger partial charge is 0.231 e. The fourth-order valence-electron chi connectivity index (χ4n) is 3.63. The number of aromatic nitrogens is 3. The highest BCUT2D eigenvalue weighted by Crippen LogP contribution is 2.38. The van der Waals surface area contributed by atoms with E-state index in [9.17, 15) is 0 Å². The number of nitrogens with two attached hydrogens (primary N) is 1. The van der Waals surface area contributed by atoms with E-state index in [0.717, 1.165) is 42.6 Å². The Bertz CT molecular complexity index is 892. The van der Waals surface area contributed by atoms with Crippen LogP contribution in [-0.2, 0) is 6.61 Å². The van der Waals surface area contributed by atoms with E-state index < -0.39 is 0 Å². The minimum atomic E-state index is -0.295. The Balaban J connectivity index is 1.50. The number of ether oxygens (including phenoxy) is 1. The lowest BCUT2D eigenvalue weighted by Gasteiger charge is -2.35. The molecule has 3 aromatic rings. The van der Waals surface area contributed by atoms with Crippen LogP contribution < -0.4 is 10.5 Å². The maximum Gasteiger partial charge on any atom is 0.231 e. The quantitative estimate of drug-likeness (QED) is 0.734. The van der Waals surface area contributed by atoms with Crippen molar-refractivity contribution in [1.29, 1.82) is 0 Å². The Morgan fingerprint density at radius 3 is 3.00 bits per heavy atom. The van der Waals surface area contributed by atoms with E-state index in [0.29, 0.717) is 18.3 Å². The topological polar surface area (TPSA) is 87.1 Å². The van der Waals surface area contributed by atoms with Crippen molar-refractivity contribution in [3.05, 3.63) is 60.2 Å². The molecule has 2 unspecified atom stereocenters. The molecule has 0 bridgehead atoms. The molecule has 6 heteroatoms. The molecule has 2 aromatic heterocycles. The van der Waals surface area contributed by atoms with Crippen molar-refractivity contribution >= 4 is 0 Å². The number of benzene rings is 1. The lowest BCUT2D eigenvalue weighted by molar-refractivity contribution is 0.223. The van der Waals surface area contributed by atoms with Gasteiger partial charge in [0.15, 0.2) is 0 Å². The standard InChI is InChI=1S/C21H24N4O2/c1-21(22)10-3-2-9-18(21)20-24-19(25-27-20)16-7-4-8-17(12-16)26-14-15-6-5-11-23-13-15/h4-8,11-13,18H,2-3,9-10,14,22H2,1H3. The summed E-state index contributed by atoms with van der Waals surface area (Å²) >= 11 is 0. The maximum absolute atomic E-state index is 6.47. The summed E-state index contributed by atoms with van der Waals surface area (Å²) in [4.78, 5) is 8.73. The van der Waals surface area contributed by atoms with Crippen LogP contribution in [0.4, 0.5) is 0 Å². The van der Waals surface area contributed by atoms with Crippen molar-refractivity contribution in [2.24, 2.45) is 5.73 Å². The normalized spacial score (nSPS) is 22.5. The van der Waals surface area contributed by atoms with Crippen LogP contribution in [0.25, 0.3) is 11.4 Å². The molecule has 6 nitrogen and oxygen atoms in total. The van der Waals surface area contributed by atoms with E-state index in [2.05, 4.69) is 22.0 Å². The van der Waals surface area contributed by atoms with E-state index in [1.165, 1.54) is 0 Å². The summed E-state index contributed by atoms with van der Waals surface area (Å²) in [7, 11) is 0. The first-order valence-corrected chi connectivity index (χ1v) is 9.36. The maximum atomic E-state index is 6.47. The summed E-state index contributed by atoms with van der Waals surface area (Å²) in [6.07, 6.45) is 7.81. The highest BCUT2D eigenvalue weighted by atomic mass is 16.5. The van der Waals surface area contributed by atoms with Gasteiger partial charge >= 0.3 is 0 Å². The van der Waals surface area contributed by atoms with Crippen LogP contribution in [0.1, 0.15) is 50.0 Å². The molecule has 2 atom stereocenters. The SMILES string of the molecule is CC1(N)CCCCC1c1nc(-c2cccc(OCc3cccnc3)c2)no1. The summed E-state index contributed by atoms with van der Waals surface area (Å²) in [5, 5.41) is 4.18. The average Bonchev–Trinajstić information content (AvgIpc) is 3.17. The third kappa shape index (κ3) is 4.01. The van der Waals surface area contributed by atoms with Crippen LogP contribution in [0.3, 0.4) is 0 Å². The number of rotatable bonds is 5. The van der Waals surface area contributed by atoms with E-state index in [1.807, 2.05) is 36.4 Å². The first-order valence-electron chi connectivity index (χ1n) is 9.36. The van der Waals surface area contributed by atoms with Crippen LogP contribution in [-0.4, -0.2) is 20.7 Å². The molecule has 140 valence electrons. The second-order valence-electron chi connectivity index (χ2n) is 7.44. The lowest BCUT2D eigenvalue weighted by atomic mass is 9.74. The molecule has 1 saturated carbocycles. The minimum absolute atomic E-state index is 0.109. The van der Waals surface area contributed by atoms with Gasteiger partial charge in [0, 0.05) is 29.1 Å². The van der Waals surface area contributed by atoms with E-state index in [4.69, 9.17) is 15.0 Å². The number of hydrogen-bond donors (Lipinski definition) is 1. The van der Waals surface area contributed by atoms with Gasteiger partial charge in [-0.25, -0.2) is 0 Å². The Hall–Kier alpha value is -2.73. The molecule has 0 aliphatic heterocycles. The van der Waals surface area contributed by atoms with Gasteiger partial charge in [0.1, 0.15) is 12.4 Å². The van der Waals surface area contributed by atoms with Gasteiger partial charge < -0.3 is 15.0 Å². The number of pyridine rings is 1. The molecule has 4 rings (SSSR count). The molecule has 1 aromatic carbocycles. The van der Waals surface area contributed by atoms with Crippen LogP contribution in [0.5, 0.6) is 5.75 Å². The second-order valence-corrected chi connectivity index (χ2v) is 7.44. The Kier molecular flexibility index (Phi) is 4.90. The lowest BCUT2D eigenvalue weighted by Crippen LogP contribution is -2.44. The third-order valence-corrected chi connectivity index (χ3v) is 5.21. The van der Waals surface area contributed by atoms with E-state index >= 15 is 0 Å². The Morgan fingerprint density at radius 2 is 2.19 bits per heavy atom. The summed E-state index contributed by atoms with van der Waals surface area (Å²) < 4.78 is 11.4. The van der Waals surface area contributed by atoms with Gasteiger partial charge in [0.2, 0.25) is 11.7 Å². The van der Waals surface area contributed by atoms with Crippen LogP contribution in [0.2, 0.25) is 0 Å². The van der Waals surface area contributed by atoms with Crippen LogP contribution >= 0.6 is 0 Å². The predicted molar refractivity (Wildman–Crippen MR) is 102 cm³/mol. The monoisotopic (exact) mass is 364 g/mol. The largest absolute Gasteiger partial charge is 0.489 e. The highest BCUT2D eigenvalue weighted by Gasteiger charge is 2.37.